The smallest absolute Gasteiger partial charge is 0.319 e. The van der Waals surface area contributed by atoms with Crippen molar-refractivity contribution >= 4 is 11.7 Å². The zero-order valence-corrected chi connectivity index (χ0v) is 15.2. The lowest BCUT2D eigenvalue weighted by atomic mass is 10.3. The van der Waals surface area contributed by atoms with E-state index in [0.717, 1.165) is 11.5 Å². The van der Waals surface area contributed by atoms with Crippen LogP contribution < -0.4 is 29.6 Å². The Morgan fingerprint density at radius 3 is 2.19 bits per heavy atom. The summed E-state index contributed by atoms with van der Waals surface area (Å²) in [6.07, 6.45) is 0. The first-order valence-electron chi connectivity index (χ1n) is 8.28. The molecule has 0 aromatic heterocycles. The van der Waals surface area contributed by atoms with Gasteiger partial charge >= 0.3 is 6.03 Å². The normalized spacial score (nSPS) is 9.96. The molecule has 0 radical (unpaired) electrons. The molecule has 7 heteroatoms. The highest BCUT2D eigenvalue weighted by atomic mass is 16.5. The number of anilines is 1. The minimum atomic E-state index is -0.326. The molecule has 2 aromatic rings. The van der Waals surface area contributed by atoms with E-state index < -0.39 is 0 Å². The van der Waals surface area contributed by atoms with Gasteiger partial charge in [-0.15, -0.1) is 0 Å². The SMILES string of the molecule is CCOc1ccc(OCCNC(=O)Nc2ccc(OC)c(OC)c2)cc1. The van der Waals surface area contributed by atoms with Crippen LogP contribution in [0.5, 0.6) is 23.0 Å². The van der Waals surface area contributed by atoms with Crippen LogP contribution in [0.15, 0.2) is 42.5 Å². The third-order valence-electron chi connectivity index (χ3n) is 3.43. The fourth-order valence-electron chi connectivity index (χ4n) is 2.22. The Morgan fingerprint density at radius 2 is 1.58 bits per heavy atom. The summed E-state index contributed by atoms with van der Waals surface area (Å²) >= 11 is 0. The van der Waals surface area contributed by atoms with Gasteiger partial charge in [0.05, 0.1) is 27.4 Å². The van der Waals surface area contributed by atoms with Crippen LogP contribution in [0, 0.1) is 0 Å². The van der Waals surface area contributed by atoms with Crippen LogP contribution in [0.1, 0.15) is 6.92 Å². The number of rotatable bonds is 9. The summed E-state index contributed by atoms with van der Waals surface area (Å²) in [6.45, 7) is 3.28. The van der Waals surface area contributed by atoms with E-state index in [4.69, 9.17) is 18.9 Å². The molecule has 2 N–H and O–H groups in total. The first-order valence-corrected chi connectivity index (χ1v) is 8.28. The predicted octanol–water partition coefficient (Wildman–Crippen LogP) is 3.30. The quantitative estimate of drug-likeness (QED) is 0.671. The van der Waals surface area contributed by atoms with E-state index in [0.29, 0.717) is 36.9 Å². The van der Waals surface area contributed by atoms with Gasteiger partial charge in [0, 0.05) is 11.8 Å². The molecule has 0 aliphatic carbocycles. The van der Waals surface area contributed by atoms with Gasteiger partial charge in [-0.1, -0.05) is 0 Å². The van der Waals surface area contributed by atoms with Crippen molar-refractivity contribution in [3.63, 3.8) is 0 Å². The summed E-state index contributed by atoms with van der Waals surface area (Å²) in [5.41, 5.74) is 0.604. The molecule has 2 rings (SSSR count). The molecule has 0 aliphatic rings. The molecule has 0 heterocycles. The van der Waals surface area contributed by atoms with Crippen molar-refractivity contribution in [1.82, 2.24) is 5.32 Å². The molecule has 7 nitrogen and oxygen atoms in total. The Labute approximate surface area is 153 Å². The van der Waals surface area contributed by atoms with Gasteiger partial charge in [-0.2, -0.15) is 0 Å². The number of hydrogen-bond donors (Lipinski definition) is 2. The fraction of sp³-hybridized carbons (Fsp3) is 0.316. The van der Waals surface area contributed by atoms with Crippen LogP contribution >= 0.6 is 0 Å². The highest BCUT2D eigenvalue weighted by molar-refractivity contribution is 5.89. The summed E-state index contributed by atoms with van der Waals surface area (Å²) in [6, 6.07) is 12.2. The third-order valence-corrected chi connectivity index (χ3v) is 3.43. The Balaban J connectivity index is 1.73. The lowest BCUT2D eigenvalue weighted by Gasteiger charge is -2.12. The van der Waals surface area contributed by atoms with Gasteiger partial charge in [0.2, 0.25) is 0 Å². The number of hydrogen-bond acceptors (Lipinski definition) is 5. The van der Waals surface area contributed by atoms with E-state index in [1.165, 1.54) is 0 Å². The standard InChI is InChI=1S/C19H24N2O5/c1-4-25-15-6-8-16(9-7-15)26-12-11-20-19(22)21-14-5-10-17(23-2)18(13-14)24-3/h5-10,13H,4,11-12H2,1-3H3,(H2,20,21,22). The first kappa shape index (κ1) is 19.2. The Hall–Kier alpha value is -3.09. The number of nitrogens with one attached hydrogen (secondary N) is 2. The third kappa shape index (κ3) is 5.77. The minimum Gasteiger partial charge on any atom is -0.494 e. The molecular weight excluding hydrogens is 336 g/mol. The van der Waals surface area contributed by atoms with Gasteiger partial charge in [-0.05, 0) is 43.3 Å². The molecule has 140 valence electrons. The van der Waals surface area contributed by atoms with Crippen molar-refractivity contribution in [2.24, 2.45) is 0 Å². The van der Waals surface area contributed by atoms with Crippen LogP contribution in [-0.2, 0) is 0 Å². The van der Waals surface area contributed by atoms with Crippen molar-refractivity contribution < 1.29 is 23.7 Å². The zero-order valence-electron chi connectivity index (χ0n) is 15.2. The molecule has 0 saturated carbocycles. The zero-order chi connectivity index (χ0) is 18.8. The maximum absolute atomic E-state index is 11.9. The second-order valence-electron chi connectivity index (χ2n) is 5.20. The molecule has 26 heavy (non-hydrogen) atoms. The lowest BCUT2D eigenvalue weighted by Crippen LogP contribution is -2.32. The number of urea groups is 1. The van der Waals surface area contributed by atoms with Crippen molar-refractivity contribution in [3.8, 4) is 23.0 Å². The molecule has 0 spiro atoms. The number of carbonyl (C=O) groups is 1. The molecule has 0 bridgehead atoms. The lowest BCUT2D eigenvalue weighted by molar-refractivity contribution is 0.247. The average Bonchev–Trinajstić information content (AvgIpc) is 2.66. The highest BCUT2D eigenvalue weighted by Gasteiger charge is 2.07. The van der Waals surface area contributed by atoms with Gasteiger partial charge in [-0.3, -0.25) is 0 Å². The predicted molar refractivity (Wildman–Crippen MR) is 99.7 cm³/mol. The summed E-state index contributed by atoms with van der Waals surface area (Å²) in [5, 5.41) is 5.46. The van der Waals surface area contributed by atoms with Gasteiger partial charge in [0.15, 0.2) is 11.5 Å². The molecule has 2 aromatic carbocycles. The summed E-state index contributed by atoms with van der Waals surface area (Å²) in [7, 11) is 3.10. The second-order valence-corrected chi connectivity index (χ2v) is 5.20. The van der Waals surface area contributed by atoms with E-state index in [9.17, 15) is 4.79 Å². The van der Waals surface area contributed by atoms with E-state index in [1.54, 1.807) is 32.4 Å². The number of amides is 2. The number of ether oxygens (including phenoxy) is 4. The second kappa shape index (κ2) is 10.0. The number of carbonyl (C=O) groups excluding carboxylic acids is 1. The maximum Gasteiger partial charge on any atom is 0.319 e. The first-order chi connectivity index (χ1) is 12.7. The molecule has 2 amide bonds. The van der Waals surface area contributed by atoms with Gasteiger partial charge in [-0.25, -0.2) is 4.79 Å². The fourth-order valence-corrected chi connectivity index (χ4v) is 2.22. The summed E-state index contributed by atoms with van der Waals surface area (Å²) in [5.74, 6) is 2.66. The Kier molecular flexibility index (Phi) is 7.42. The van der Waals surface area contributed by atoms with Gasteiger partial charge in [0.1, 0.15) is 18.1 Å². The number of methoxy groups -OCH3 is 2. The van der Waals surface area contributed by atoms with E-state index >= 15 is 0 Å². The van der Waals surface area contributed by atoms with E-state index in [-0.39, 0.29) is 6.03 Å². The largest absolute Gasteiger partial charge is 0.494 e. The molecular formula is C19H24N2O5. The van der Waals surface area contributed by atoms with Crippen LogP contribution in [0.4, 0.5) is 10.5 Å². The van der Waals surface area contributed by atoms with E-state index in [2.05, 4.69) is 10.6 Å². The summed E-state index contributed by atoms with van der Waals surface area (Å²) < 4.78 is 21.3. The van der Waals surface area contributed by atoms with Gasteiger partial charge < -0.3 is 29.6 Å². The monoisotopic (exact) mass is 360 g/mol. The highest BCUT2D eigenvalue weighted by Crippen LogP contribution is 2.29. The topological polar surface area (TPSA) is 78.1 Å². The molecule has 0 unspecified atom stereocenters. The Bertz CT molecular complexity index is 704. The maximum atomic E-state index is 11.9. The van der Waals surface area contributed by atoms with Gasteiger partial charge in [0.25, 0.3) is 0 Å². The molecule has 0 fully saturated rings. The molecule has 0 saturated heterocycles. The van der Waals surface area contributed by atoms with Crippen molar-refractivity contribution in [2.75, 3.05) is 39.3 Å². The van der Waals surface area contributed by atoms with Crippen LogP contribution in [-0.4, -0.2) is 40.0 Å². The Morgan fingerprint density at radius 1 is 0.923 bits per heavy atom. The van der Waals surface area contributed by atoms with E-state index in [1.807, 2.05) is 31.2 Å². The van der Waals surface area contributed by atoms with Crippen molar-refractivity contribution in [3.05, 3.63) is 42.5 Å². The van der Waals surface area contributed by atoms with Crippen LogP contribution in [0.25, 0.3) is 0 Å². The number of benzene rings is 2. The van der Waals surface area contributed by atoms with Crippen LogP contribution in [0.3, 0.4) is 0 Å². The van der Waals surface area contributed by atoms with Crippen molar-refractivity contribution in [1.29, 1.82) is 0 Å². The average molecular weight is 360 g/mol. The molecule has 0 aliphatic heterocycles. The van der Waals surface area contributed by atoms with Crippen molar-refractivity contribution in [2.45, 2.75) is 6.92 Å². The van der Waals surface area contributed by atoms with Crippen LogP contribution in [0.2, 0.25) is 0 Å². The minimum absolute atomic E-state index is 0.326. The summed E-state index contributed by atoms with van der Waals surface area (Å²) in [4.78, 5) is 11.9. The molecule has 0 atom stereocenters.